The Balaban J connectivity index is 1.34. The summed E-state index contributed by atoms with van der Waals surface area (Å²) in [5.74, 6) is -0.357. The third-order valence-electron chi connectivity index (χ3n) is 8.80. The average molecular weight is 558 g/mol. The van der Waals surface area contributed by atoms with Crippen LogP contribution in [0.1, 0.15) is 83.8 Å². The second kappa shape index (κ2) is 9.37. The summed E-state index contributed by atoms with van der Waals surface area (Å²) in [4.78, 5) is 15.0. The molecule has 1 amide bonds. The summed E-state index contributed by atoms with van der Waals surface area (Å²) in [5, 5.41) is 11.1. The van der Waals surface area contributed by atoms with Gasteiger partial charge in [0.15, 0.2) is 12.0 Å². The first-order chi connectivity index (χ1) is 18.9. The van der Waals surface area contributed by atoms with Crippen molar-refractivity contribution in [3.05, 3.63) is 76.4 Å². The number of amides is 1. The van der Waals surface area contributed by atoms with E-state index in [0.29, 0.717) is 16.8 Å². The Morgan fingerprint density at radius 1 is 1.15 bits per heavy atom. The van der Waals surface area contributed by atoms with Crippen LogP contribution in [-0.2, 0) is 29.9 Å². The highest BCUT2D eigenvalue weighted by atomic mass is 19.4. The van der Waals surface area contributed by atoms with E-state index in [9.17, 15) is 18.0 Å². The quantitative estimate of drug-likeness (QED) is 0.385. The molecule has 212 valence electrons. The molecule has 1 saturated heterocycles. The lowest BCUT2D eigenvalue weighted by Crippen LogP contribution is -2.50. The standard InChI is InChI=1S/C29H31F4N5O2/c1-17(35-27(2)8-5-9-27)18-10-21-22(23(11-18)29(31,32)33)13-38(26(21)39)20-7-4-6-19(12-20)28(14-40-15-28)24(30)25-36-34-16-37(25)3/h4,6-7,10-12,16-17,24,35H,5,8-9,13-15H2,1-3H3/t17-,24?/m0/s1. The topological polar surface area (TPSA) is 72.3 Å². The van der Waals surface area contributed by atoms with Gasteiger partial charge in [0.2, 0.25) is 0 Å². The van der Waals surface area contributed by atoms with Crippen molar-refractivity contribution in [2.75, 3.05) is 18.1 Å². The van der Waals surface area contributed by atoms with E-state index in [0.717, 1.165) is 19.3 Å². The van der Waals surface area contributed by atoms with Crippen LogP contribution in [-0.4, -0.2) is 39.4 Å². The van der Waals surface area contributed by atoms with Crippen LogP contribution in [0.4, 0.5) is 23.2 Å². The molecule has 3 aromatic rings. The Bertz CT molecular complexity index is 1460. The normalized spacial score (nSPS) is 21.0. The first-order valence-corrected chi connectivity index (χ1v) is 13.4. The third-order valence-corrected chi connectivity index (χ3v) is 8.80. The van der Waals surface area contributed by atoms with Crippen molar-refractivity contribution in [2.24, 2.45) is 7.05 Å². The number of alkyl halides is 4. The van der Waals surface area contributed by atoms with E-state index in [2.05, 4.69) is 22.4 Å². The summed E-state index contributed by atoms with van der Waals surface area (Å²) in [7, 11) is 1.65. The molecular weight excluding hydrogens is 526 g/mol. The van der Waals surface area contributed by atoms with E-state index in [1.807, 2.05) is 6.92 Å². The molecule has 40 heavy (non-hydrogen) atoms. The van der Waals surface area contributed by atoms with Gasteiger partial charge in [0.25, 0.3) is 5.91 Å². The van der Waals surface area contributed by atoms with Gasteiger partial charge in [0, 0.05) is 29.9 Å². The van der Waals surface area contributed by atoms with Gasteiger partial charge in [-0.3, -0.25) is 4.79 Å². The Labute approximate surface area is 229 Å². The highest BCUT2D eigenvalue weighted by Gasteiger charge is 2.51. The predicted octanol–water partition coefficient (Wildman–Crippen LogP) is 5.57. The molecule has 2 fully saturated rings. The minimum atomic E-state index is -4.62. The molecule has 2 aliphatic heterocycles. The second-order valence-corrected chi connectivity index (χ2v) is 11.6. The first kappa shape index (κ1) is 26.9. The van der Waals surface area contributed by atoms with Gasteiger partial charge in [-0.1, -0.05) is 12.1 Å². The average Bonchev–Trinajstić information content (AvgIpc) is 3.44. The van der Waals surface area contributed by atoms with Crippen LogP contribution in [0.2, 0.25) is 0 Å². The van der Waals surface area contributed by atoms with Crippen LogP contribution in [0.25, 0.3) is 0 Å². The minimum absolute atomic E-state index is 0.0437. The van der Waals surface area contributed by atoms with E-state index in [4.69, 9.17) is 4.74 Å². The molecule has 6 rings (SSSR count). The summed E-state index contributed by atoms with van der Waals surface area (Å²) in [6.07, 6.45) is -1.73. The van der Waals surface area contributed by atoms with Crippen molar-refractivity contribution in [2.45, 2.75) is 69.0 Å². The summed E-state index contributed by atoms with van der Waals surface area (Å²) in [6.45, 7) is 3.88. The maximum Gasteiger partial charge on any atom is 0.416 e. The summed E-state index contributed by atoms with van der Waals surface area (Å²) >= 11 is 0. The number of hydrogen-bond acceptors (Lipinski definition) is 5. The van der Waals surface area contributed by atoms with Crippen LogP contribution in [0.3, 0.4) is 0 Å². The largest absolute Gasteiger partial charge is 0.416 e. The second-order valence-electron chi connectivity index (χ2n) is 11.6. The van der Waals surface area contributed by atoms with Gasteiger partial charge < -0.3 is 19.5 Å². The van der Waals surface area contributed by atoms with Gasteiger partial charge in [-0.25, -0.2) is 4.39 Å². The molecule has 0 spiro atoms. The molecule has 7 nitrogen and oxygen atoms in total. The summed E-state index contributed by atoms with van der Waals surface area (Å²) < 4.78 is 65.6. The number of halogens is 4. The van der Waals surface area contributed by atoms with Gasteiger partial charge in [0.05, 0.1) is 30.7 Å². The lowest BCUT2D eigenvalue weighted by Gasteiger charge is -2.43. The van der Waals surface area contributed by atoms with Crippen LogP contribution in [0.5, 0.6) is 0 Å². The number of aryl methyl sites for hydroxylation is 1. The molecule has 3 heterocycles. The summed E-state index contributed by atoms with van der Waals surface area (Å²) in [6, 6.07) is 9.16. The van der Waals surface area contributed by atoms with Crippen molar-refractivity contribution < 1.29 is 27.1 Å². The number of carbonyl (C=O) groups excluding carboxylic acids is 1. The molecular formula is C29H31F4N5O2. The van der Waals surface area contributed by atoms with Crippen LogP contribution in [0, 0.1) is 0 Å². The van der Waals surface area contributed by atoms with Gasteiger partial charge >= 0.3 is 6.18 Å². The number of hydrogen-bond donors (Lipinski definition) is 1. The van der Waals surface area contributed by atoms with Gasteiger partial charge in [-0.2, -0.15) is 13.2 Å². The molecule has 2 atom stereocenters. The van der Waals surface area contributed by atoms with E-state index in [1.165, 1.54) is 21.9 Å². The molecule has 0 radical (unpaired) electrons. The van der Waals surface area contributed by atoms with Crippen LogP contribution < -0.4 is 10.2 Å². The molecule has 1 saturated carbocycles. The molecule has 2 aromatic carbocycles. The maximum absolute atomic E-state index is 15.9. The number of ether oxygens (including phenoxy) is 1. The SMILES string of the molecule is C[C@H](NC1(C)CCC1)c1cc2c(c(C(F)(F)F)c1)CN(c1cccc(C3(C(F)c4nncn4C)COC3)c1)C2=O. The van der Waals surface area contributed by atoms with E-state index in [-0.39, 0.29) is 48.3 Å². The predicted molar refractivity (Wildman–Crippen MR) is 140 cm³/mol. The number of nitrogens with one attached hydrogen (secondary N) is 1. The fraction of sp³-hybridized carbons (Fsp3) is 0.483. The monoisotopic (exact) mass is 557 g/mol. The maximum atomic E-state index is 15.9. The zero-order chi connectivity index (χ0) is 28.4. The zero-order valence-corrected chi connectivity index (χ0v) is 22.6. The van der Waals surface area contributed by atoms with Crippen molar-refractivity contribution in [1.82, 2.24) is 20.1 Å². The molecule has 1 N–H and O–H groups in total. The fourth-order valence-corrected chi connectivity index (χ4v) is 6.13. The Kier molecular flexibility index (Phi) is 6.30. The van der Waals surface area contributed by atoms with E-state index in [1.54, 1.807) is 37.4 Å². The Morgan fingerprint density at radius 3 is 2.48 bits per heavy atom. The molecule has 3 aliphatic rings. The molecule has 1 aliphatic carbocycles. The van der Waals surface area contributed by atoms with Crippen molar-refractivity contribution >= 4 is 11.6 Å². The molecule has 0 bridgehead atoms. The highest BCUT2D eigenvalue weighted by molar-refractivity contribution is 6.10. The van der Waals surface area contributed by atoms with Gasteiger partial charge in [-0.15, -0.1) is 10.2 Å². The number of anilines is 1. The zero-order valence-electron chi connectivity index (χ0n) is 22.6. The Morgan fingerprint density at radius 2 is 1.90 bits per heavy atom. The van der Waals surface area contributed by atoms with Crippen molar-refractivity contribution in [3.63, 3.8) is 0 Å². The molecule has 1 unspecified atom stereocenters. The third kappa shape index (κ3) is 4.30. The number of carbonyl (C=O) groups is 1. The lowest BCUT2D eigenvalue weighted by molar-refractivity contribution is -0.138. The number of rotatable bonds is 7. The van der Waals surface area contributed by atoms with Gasteiger partial charge in [0.1, 0.15) is 6.33 Å². The molecule has 1 aromatic heterocycles. The van der Waals surface area contributed by atoms with E-state index >= 15 is 4.39 Å². The van der Waals surface area contributed by atoms with Crippen molar-refractivity contribution in [1.29, 1.82) is 0 Å². The Hall–Kier alpha value is -3.31. The first-order valence-electron chi connectivity index (χ1n) is 13.4. The van der Waals surface area contributed by atoms with Crippen LogP contribution >= 0.6 is 0 Å². The lowest BCUT2D eigenvalue weighted by atomic mass is 9.74. The van der Waals surface area contributed by atoms with Crippen LogP contribution in [0.15, 0.2) is 42.7 Å². The number of aromatic nitrogens is 3. The van der Waals surface area contributed by atoms with E-state index < -0.39 is 29.2 Å². The molecule has 11 heteroatoms. The van der Waals surface area contributed by atoms with Gasteiger partial charge in [-0.05, 0) is 74.1 Å². The fourth-order valence-electron chi connectivity index (χ4n) is 6.13. The summed E-state index contributed by atoms with van der Waals surface area (Å²) in [5.41, 5.74) is -0.545. The van der Waals surface area contributed by atoms with Crippen molar-refractivity contribution in [3.8, 4) is 0 Å². The number of benzene rings is 2. The minimum Gasteiger partial charge on any atom is -0.379 e. The number of nitrogens with zero attached hydrogens (tertiary/aromatic N) is 4. The smallest absolute Gasteiger partial charge is 0.379 e. The highest BCUT2D eigenvalue weighted by Crippen LogP contribution is 2.47. The number of fused-ring (bicyclic) bond motifs is 1.